The van der Waals surface area contributed by atoms with Crippen LogP contribution in [0.15, 0.2) is 36.7 Å². The van der Waals surface area contributed by atoms with Crippen molar-refractivity contribution in [1.29, 1.82) is 0 Å². The van der Waals surface area contributed by atoms with Crippen LogP contribution < -0.4 is 0 Å². The van der Waals surface area contributed by atoms with Crippen LogP contribution in [-0.2, 0) is 16.6 Å². The average Bonchev–Trinajstić information content (AvgIpc) is 3.11. The molecule has 0 bridgehead atoms. The van der Waals surface area contributed by atoms with E-state index in [1.807, 2.05) is 0 Å². The molecule has 144 valence electrons. The molecule has 1 saturated heterocycles. The van der Waals surface area contributed by atoms with Gasteiger partial charge >= 0.3 is 5.97 Å². The zero-order valence-corrected chi connectivity index (χ0v) is 16.1. The summed E-state index contributed by atoms with van der Waals surface area (Å²) in [6.45, 7) is 0.967. The van der Waals surface area contributed by atoms with Crippen molar-refractivity contribution in [2.24, 2.45) is 5.92 Å². The van der Waals surface area contributed by atoms with Crippen molar-refractivity contribution in [1.82, 2.24) is 18.6 Å². The summed E-state index contributed by atoms with van der Waals surface area (Å²) in [5, 5.41) is 9.30. The van der Waals surface area contributed by atoms with Crippen LogP contribution in [0.3, 0.4) is 0 Å². The summed E-state index contributed by atoms with van der Waals surface area (Å²) < 4.78 is 27.1. The standard InChI is InChI=1S/C18H22N4O4S/c1-21(2)27(25,26)22-8-7-13(12-22)9-14-10-20-17(11-19-14)15-5-3-4-6-16(15)18(23)24/h3-6,10-11,13H,7-9,12H2,1-2H3,(H,23,24). The normalized spacial score (nSPS) is 18.1. The molecule has 8 nitrogen and oxygen atoms in total. The number of aromatic nitrogens is 2. The number of nitrogens with zero attached hydrogens (tertiary/aromatic N) is 4. The first kappa shape index (κ1) is 19.4. The van der Waals surface area contributed by atoms with Crippen LogP contribution in [-0.4, -0.2) is 65.3 Å². The third-order valence-corrected chi connectivity index (χ3v) is 6.58. The van der Waals surface area contributed by atoms with Gasteiger partial charge in [-0.2, -0.15) is 17.0 Å². The topological polar surface area (TPSA) is 104 Å². The van der Waals surface area contributed by atoms with Crippen LogP contribution in [0.25, 0.3) is 11.3 Å². The number of hydrogen-bond acceptors (Lipinski definition) is 5. The first-order valence-corrected chi connectivity index (χ1v) is 10.00. The number of hydrogen-bond donors (Lipinski definition) is 1. The molecule has 1 atom stereocenters. The lowest BCUT2D eigenvalue weighted by atomic mass is 10.0. The summed E-state index contributed by atoms with van der Waals surface area (Å²) in [5.41, 5.74) is 1.97. The largest absolute Gasteiger partial charge is 0.478 e. The molecular formula is C18H22N4O4S. The van der Waals surface area contributed by atoms with Crippen molar-refractivity contribution < 1.29 is 18.3 Å². The van der Waals surface area contributed by atoms with E-state index >= 15 is 0 Å². The van der Waals surface area contributed by atoms with Gasteiger partial charge in [-0.15, -0.1) is 0 Å². The Morgan fingerprint density at radius 3 is 2.63 bits per heavy atom. The molecule has 0 spiro atoms. The molecule has 27 heavy (non-hydrogen) atoms. The molecule has 0 saturated carbocycles. The molecule has 2 aromatic rings. The fourth-order valence-electron chi connectivity index (χ4n) is 3.19. The number of carboxylic acids is 1. The Morgan fingerprint density at radius 2 is 2.00 bits per heavy atom. The van der Waals surface area contributed by atoms with E-state index in [9.17, 15) is 18.3 Å². The lowest BCUT2D eigenvalue weighted by molar-refractivity contribution is 0.0697. The quantitative estimate of drug-likeness (QED) is 0.802. The van der Waals surface area contributed by atoms with E-state index in [0.29, 0.717) is 30.8 Å². The summed E-state index contributed by atoms with van der Waals surface area (Å²) in [4.78, 5) is 20.1. The molecule has 0 aliphatic carbocycles. The smallest absolute Gasteiger partial charge is 0.336 e. The van der Waals surface area contributed by atoms with Gasteiger partial charge in [0, 0.05) is 38.9 Å². The Balaban J connectivity index is 1.70. The minimum absolute atomic E-state index is 0.180. The maximum atomic E-state index is 12.2. The highest BCUT2D eigenvalue weighted by molar-refractivity contribution is 7.86. The molecule has 0 amide bonds. The van der Waals surface area contributed by atoms with Gasteiger partial charge in [0.05, 0.1) is 23.1 Å². The summed E-state index contributed by atoms with van der Waals surface area (Å²) in [5.74, 6) is -0.823. The Morgan fingerprint density at radius 1 is 1.26 bits per heavy atom. The first-order chi connectivity index (χ1) is 12.8. The zero-order chi connectivity index (χ0) is 19.6. The number of carboxylic acid groups (broad SMARTS) is 1. The second-order valence-corrected chi connectivity index (χ2v) is 8.89. The molecule has 1 unspecified atom stereocenters. The fraction of sp³-hybridized carbons (Fsp3) is 0.389. The Bertz CT molecular complexity index is 929. The number of carbonyl (C=O) groups is 1. The van der Waals surface area contributed by atoms with E-state index in [-0.39, 0.29) is 11.5 Å². The van der Waals surface area contributed by atoms with E-state index < -0.39 is 16.2 Å². The lowest BCUT2D eigenvalue weighted by Gasteiger charge is -2.20. The molecule has 1 aliphatic rings. The minimum atomic E-state index is -3.38. The molecule has 1 N–H and O–H groups in total. The second kappa shape index (κ2) is 7.71. The van der Waals surface area contributed by atoms with Gasteiger partial charge in [0.15, 0.2) is 0 Å². The molecule has 1 aromatic heterocycles. The monoisotopic (exact) mass is 390 g/mol. The molecule has 1 aromatic carbocycles. The van der Waals surface area contributed by atoms with Crippen molar-refractivity contribution in [3.8, 4) is 11.3 Å². The van der Waals surface area contributed by atoms with Gasteiger partial charge < -0.3 is 5.11 Å². The zero-order valence-electron chi connectivity index (χ0n) is 15.2. The van der Waals surface area contributed by atoms with Crippen LogP contribution in [0.4, 0.5) is 0 Å². The SMILES string of the molecule is CN(C)S(=O)(=O)N1CCC(Cc2cnc(-c3ccccc3C(=O)O)cn2)C1. The van der Waals surface area contributed by atoms with Gasteiger partial charge in [0.25, 0.3) is 10.2 Å². The van der Waals surface area contributed by atoms with Gasteiger partial charge in [0.1, 0.15) is 0 Å². The molecule has 2 heterocycles. The molecule has 0 radical (unpaired) electrons. The Kier molecular flexibility index (Phi) is 5.54. The Labute approximate surface area is 158 Å². The van der Waals surface area contributed by atoms with Crippen LogP contribution in [0.2, 0.25) is 0 Å². The predicted molar refractivity (Wildman–Crippen MR) is 100 cm³/mol. The lowest BCUT2D eigenvalue weighted by Crippen LogP contribution is -2.38. The van der Waals surface area contributed by atoms with Crippen LogP contribution in [0, 0.1) is 5.92 Å². The van der Waals surface area contributed by atoms with Gasteiger partial charge in [-0.1, -0.05) is 18.2 Å². The second-order valence-electron chi connectivity index (χ2n) is 6.75. The van der Waals surface area contributed by atoms with E-state index in [1.54, 1.807) is 30.6 Å². The van der Waals surface area contributed by atoms with E-state index in [0.717, 1.165) is 12.1 Å². The fourth-order valence-corrected chi connectivity index (χ4v) is 4.39. The van der Waals surface area contributed by atoms with Gasteiger partial charge in [-0.25, -0.2) is 4.79 Å². The van der Waals surface area contributed by atoms with Crippen molar-refractivity contribution >= 4 is 16.2 Å². The first-order valence-electron chi connectivity index (χ1n) is 8.60. The maximum absolute atomic E-state index is 12.2. The Hall–Kier alpha value is -2.36. The van der Waals surface area contributed by atoms with E-state index in [1.165, 1.54) is 28.8 Å². The van der Waals surface area contributed by atoms with Crippen LogP contribution in [0.1, 0.15) is 22.5 Å². The van der Waals surface area contributed by atoms with Crippen molar-refractivity contribution in [3.63, 3.8) is 0 Å². The summed E-state index contributed by atoms with van der Waals surface area (Å²) in [6, 6.07) is 6.66. The van der Waals surface area contributed by atoms with Gasteiger partial charge in [-0.3, -0.25) is 9.97 Å². The molecular weight excluding hydrogens is 368 g/mol. The highest BCUT2D eigenvalue weighted by atomic mass is 32.2. The molecule has 3 rings (SSSR count). The number of aromatic carboxylic acids is 1. The third-order valence-electron chi connectivity index (χ3n) is 4.67. The average molecular weight is 390 g/mol. The molecule has 1 aliphatic heterocycles. The molecule has 9 heteroatoms. The van der Waals surface area contributed by atoms with Crippen molar-refractivity contribution in [3.05, 3.63) is 47.9 Å². The van der Waals surface area contributed by atoms with Crippen LogP contribution in [0.5, 0.6) is 0 Å². The highest BCUT2D eigenvalue weighted by Crippen LogP contribution is 2.25. The molecule has 1 fully saturated rings. The van der Waals surface area contributed by atoms with Gasteiger partial charge in [0.2, 0.25) is 0 Å². The maximum Gasteiger partial charge on any atom is 0.336 e. The van der Waals surface area contributed by atoms with E-state index in [4.69, 9.17) is 0 Å². The van der Waals surface area contributed by atoms with E-state index in [2.05, 4.69) is 9.97 Å². The number of rotatable bonds is 6. The summed E-state index contributed by atoms with van der Waals surface area (Å²) in [7, 11) is -0.323. The minimum Gasteiger partial charge on any atom is -0.478 e. The van der Waals surface area contributed by atoms with Gasteiger partial charge in [-0.05, 0) is 24.8 Å². The highest BCUT2D eigenvalue weighted by Gasteiger charge is 2.32. The third kappa shape index (κ3) is 4.15. The van der Waals surface area contributed by atoms with Crippen molar-refractivity contribution in [2.45, 2.75) is 12.8 Å². The van der Waals surface area contributed by atoms with Crippen molar-refractivity contribution in [2.75, 3.05) is 27.2 Å². The summed E-state index contributed by atoms with van der Waals surface area (Å²) in [6.07, 6.45) is 4.61. The predicted octanol–water partition coefficient (Wildman–Crippen LogP) is 1.51. The van der Waals surface area contributed by atoms with Crippen LogP contribution >= 0.6 is 0 Å². The number of benzene rings is 1. The summed E-state index contributed by atoms with van der Waals surface area (Å²) >= 11 is 0.